The summed E-state index contributed by atoms with van der Waals surface area (Å²) in [4.78, 5) is 13.6. The topological polar surface area (TPSA) is 32.3 Å². The van der Waals surface area contributed by atoms with Gasteiger partial charge in [0.15, 0.2) is 0 Å². The van der Waals surface area contributed by atoms with E-state index in [1.807, 2.05) is 0 Å². The highest BCUT2D eigenvalue weighted by Crippen LogP contribution is 2.24. The predicted molar refractivity (Wildman–Crippen MR) is 80.1 cm³/mol. The van der Waals surface area contributed by atoms with Crippen molar-refractivity contribution in [2.24, 2.45) is 0 Å². The molecule has 0 aliphatic rings. The van der Waals surface area contributed by atoms with E-state index in [1.54, 1.807) is 19.0 Å². The molecule has 0 fully saturated rings. The Morgan fingerprint density at radius 2 is 1.86 bits per heavy atom. The van der Waals surface area contributed by atoms with Crippen molar-refractivity contribution in [1.29, 1.82) is 0 Å². The molecule has 0 bridgehead atoms. The second kappa shape index (κ2) is 6.10. The number of hydrogen-bond donors (Lipinski definition) is 1. The number of carbonyl (C=O) groups is 1. The van der Waals surface area contributed by atoms with Gasteiger partial charge in [0.1, 0.15) is 11.6 Å². The Kier molecular flexibility index (Phi) is 4.43. The number of halogens is 3. The molecule has 2 aromatic carbocycles. The number of carbonyl (C=O) groups excluding carboxylic acids is 1. The first-order chi connectivity index (χ1) is 9.88. The summed E-state index contributed by atoms with van der Waals surface area (Å²) in [6, 6.07) is 7.77. The highest BCUT2D eigenvalue weighted by Gasteiger charge is 2.12. The molecule has 2 aromatic rings. The lowest BCUT2D eigenvalue weighted by Crippen LogP contribution is -2.15. The van der Waals surface area contributed by atoms with E-state index >= 15 is 0 Å². The summed E-state index contributed by atoms with van der Waals surface area (Å²) >= 11 is 5.82. The van der Waals surface area contributed by atoms with E-state index in [2.05, 4.69) is 5.32 Å². The number of hydrogen-bond acceptors (Lipinski definition) is 2. The molecule has 110 valence electrons. The summed E-state index contributed by atoms with van der Waals surface area (Å²) in [5.74, 6) is -1.52. The molecule has 3 nitrogen and oxygen atoms in total. The maximum atomic E-state index is 13.8. The quantitative estimate of drug-likeness (QED) is 0.931. The minimum Gasteiger partial charge on any atom is -0.375 e. The van der Waals surface area contributed by atoms with Crippen LogP contribution in [0.4, 0.5) is 20.2 Å². The highest BCUT2D eigenvalue weighted by atomic mass is 35.5. The van der Waals surface area contributed by atoms with Crippen molar-refractivity contribution in [3.8, 4) is 0 Å². The van der Waals surface area contributed by atoms with Crippen molar-refractivity contribution in [3.63, 3.8) is 0 Å². The zero-order valence-corrected chi connectivity index (χ0v) is 12.2. The normalized spacial score (nSPS) is 10.3. The van der Waals surface area contributed by atoms with Crippen molar-refractivity contribution < 1.29 is 13.6 Å². The highest BCUT2D eigenvalue weighted by molar-refractivity contribution is 6.33. The molecule has 0 saturated carbocycles. The minimum absolute atomic E-state index is 0.0775. The fraction of sp³-hybridized carbons (Fsp3) is 0.133. The van der Waals surface area contributed by atoms with Gasteiger partial charge in [0.05, 0.1) is 16.4 Å². The van der Waals surface area contributed by atoms with Gasteiger partial charge in [-0.25, -0.2) is 8.78 Å². The molecule has 0 aliphatic heterocycles. The Balaban J connectivity index is 2.22. The molecule has 0 unspecified atom stereocenters. The van der Waals surface area contributed by atoms with E-state index in [-0.39, 0.29) is 16.3 Å². The third-order valence-electron chi connectivity index (χ3n) is 2.87. The van der Waals surface area contributed by atoms with E-state index in [9.17, 15) is 13.6 Å². The first-order valence-electron chi connectivity index (χ1n) is 6.12. The third-order valence-corrected chi connectivity index (χ3v) is 3.18. The standard InChI is InChI=1S/C15H13ClF2N2O/c1-20(2)14-6-3-9(7-12(14)18)15(21)19-13-5-4-10(17)8-11(13)16/h3-8H,1-2H3,(H,19,21). The van der Waals surface area contributed by atoms with Crippen molar-refractivity contribution >= 4 is 28.9 Å². The number of benzene rings is 2. The maximum absolute atomic E-state index is 13.8. The van der Waals surface area contributed by atoms with Gasteiger partial charge in [0.25, 0.3) is 5.91 Å². The molecule has 0 radical (unpaired) electrons. The van der Waals surface area contributed by atoms with Crippen LogP contribution in [0, 0.1) is 11.6 Å². The fourth-order valence-electron chi connectivity index (χ4n) is 1.80. The number of nitrogens with one attached hydrogen (secondary N) is 1. The van der Waals surface area contributed by atoms with Crippen molar-refractivity contribution in [1.82, 2.24) is 0 Å². The van der Waals surface area contributed by atoms with Crippen LogP contribution in [0.1, 0.15) is 10.4 Å². The zero-order valence-electron chi connectivity index (χ0n) is 11.5. The minimum atomic E-state index is -0.521. The SMILES string of the molecule is CN(C)c1ccc(C(=O)Nc2ccc(F)cc2Cl)cc1F. The van der Waals surface area contributed by atoms with E-state index in [1.165, 1.54) is 24.3 Å². The lowest BCUT2D eigenvalue weighted by Gasteiger charge is -2.14. The Labute approximate surface area is 126 Å². The molecule has 21 heavy (non-hydrogen) atoms. The van der Waals surface area contributed by atoms with Crippen LogP contribution < -0.4 is 10.2 Å². The van der Waals surface area contributed by atoms with Crippen molar-refractivity contribution in [2.45, 2.75) is 0 Å². The van der Waals surface area contributed by atoms with Crippen LogP contribution in [0.3, 0.4) is 0 Å². The summed E-state index contributed by atoms with van der Waals surface area (Å²) in [5.41, 5.74) is 0.796. The Hall–Kier alpha value is -2.14. The van der Waals surface area contributed by atoms with Gasteiger partial charge < -0.3 is 10.2 Å². The third kappa shape index (κ3) is 3.49. The molecule has 0 saturated heterocycles. The first kappa shape index (κ1) is 15.3. The van der Waals surface area contributed by atoms with Crippen LogP contribution in [-0.4, -0.2) is 20.0 Å². The van der Waals surface area contributed by atoms with Crippen LogP contribution >= 0.6 is 11.6 Å². The number of amides is 1. The summed E-state index contributed by atoms with van der Waals surface area (Å²) in [7, 11) is 3.41. The summed E-state index contributed by atoms with van der Waals surface area (Å²) < 4.78 is 26.8. The Morgan fingerprint density at radius 1 is 1.14 bits per heavy atom. The number of nitrogens with zero attached hydrogens (tertiary/aromatic N) is 1. The number of anilines is 2. The molecule has 1 N–H and O–H groups in total. The fourth-order valence-corrected chi connectivity index (χ4v) is 2.01. The van der Waals surface area contributed by atoms with Gasteiger partial charge >= 0.3 is 0 Å². The molecule has 0 aliphatic carbocycles. The molecule has 0 atom stereocenters. The Morgan fingerprint density at radius 3 is 2.43 bits per heavy atom. The van der Waals surface area contributed by atoms with Gasteiger partial charge in [-0.1, -0.05) is 11.6 Å². The van der Waals surface area contributed by atoms with Crippen molar-refractivity contribution in [2.75, 3.05) is 24.3 Å². The monoisotopic (exact) mass is 310 g/mol. The maximum Gasteiger partial charge on any atom is 0.255 e. The molecule has 2 rings (SSSR count). The van der Waals surface area contributed by atoms with Crippen LogP contribution in [0.5, 0.6) is 0 Å². The summed E-state index contributed by atoms with van der Waals surface area (Å²) in [6.45, 7) is 0. The molecule has 0 aromatic heterocycles. The summed E-state index contributed by atoms with van der Waals surface area (Å²) in [6.07, 6.45) is 0. The van der Waals surface area contributed by atoms with E-state index < -0.39 is 17.5 Å². The Bertz CT molecular complexity index is 689. The van der Waals surface area contributed by atoms with Crippen molar-refractivity contribution in [3.05, 3.63) is 58.6 Å². The second-order valence-corrected chi connectivity index (χ2v) is 5.05. The van der Waals surface area contributed by atoms with Gasteiger partial charge in [-0.3, -0.25) is 4.79 Å². The molecular formula is C15H13ClF2N2O. The van der Waals surface area contributed by atoms with E-state index in [0.717, 1.165) is 12.1 Å². The average Bonchev–Trinajstić information content (AvgIpc) is 2.41. The van der Waals surface area contributed by atoms with E-state index in [0.29, 0.717) is 5.69 Å². The van der Waals surface area contributed by atoms with Gasteiger partial charge in [0.2, 0.25) is 0 Å². The molecule has 0 spiro atoms. The molecular weight excluding hydrogens is 298 g/mol. The van der Waals surface area contributed by atoms with Gasteiger partial charge in [-0.05, 0) is 36.4 Å². The smallest absolute Gasteiger partial charge is 0.255 e. The zero-order chi connectivity index (χ0) is 15.6. The van der Waals surface area contributed by atoms with Gasteiger partial charge in [-0.15, -0.1) is 0 Å². The van der Waals surface area contributed by atoms with Crippen LogP contribution in [0.15, 0.2) is 36.4 Å². The van der Waals surface area contributed by atoms with Gasteiger partial charge in [0, 0.05) is 19.7 Å². The number of rotatable bonds is 3. The van der Waals surface area contributed by atoms with Crippen LogP contribution in [0.2, 0.25) is 5.02 Å². The lowest BCUT2D eigenvalue weighted by atomic mass is 10.1. The summed E-state index contributed by atoms with van der Waals surface area (Å²) in [5, 5.41) is 2.59. The van der Waals surface area contributed by atoms with Crippen LogP contribution in [0.25, 0.3) is 0 Å². The predicted octanol–water partition coefficient (Wildman–Crippen LogP) is 3.94. The van der Waals surface area contributed by atoms with E-state index in [4.69, 9.17) is 11.6 Å². The lowest BCUT2D eigenvalue weighted by molar-refractivity contribution is 0.102. The average molecular weight is 311 g/mol. The second-order valence-electron chi connectivity index (χ2n) is 4.64. The largest absolute Gasteiger partial charge is 0.375 e. The molecule has 1 amide bonds. The first-order valence-corrected chi connectivity index (χ1v) is 6.49. The van der Waals surface area contributed by atoms with Crippen LogP contribution in [-0.2, 0) is 0 Å². The molecule has 6 heteroatoms. The molecule has 0 heterocycles. The van der Waals surface area contributed by atoms with Gasteiger partial charge in [-0.2, -0.15) is 0 Å².